The Morgan fingerprint density at radius 2 is 2.19 bits per heavy atom. The van der Waals surface area contributed by atoms with Crippen LogP contribution in [0.5, 0.6) is 0 Å². The van der Waals surface area contributed by atoms with E-state index in [1.807, 2.05) is 35.7 Å². The summed E-state index contributed by atoms with van der Waals surface area (Å²) in [6, 6.07) is 9.55. The highest BCUT2D eigenvalue weighted by Crippen LogP contribution is 2.27. The van der Waals surface area contributed by atoms with Gasteiger partial charge in [-0.05, 0) is 36.1 Å². The van der Waals surface area contributed by atoms with E-state index in [0.717, 1.165) is 21.5 Å². The normalized spacial score (nSPS) is 11.3. The number of nitrogens with zero attached hydrogens (tertiary/aromatic N) is 3. The summed E-state index contributed by atoms with van der Waals surface area (Å²) in [6.07, 6.45) is 2.53. The Kier molecular flexibility index (Phi) is 5.47. The lowest BCUT2D eigenvalue weighted by Gasteiger charge is -2.11. The number of rotatable bonds is 6. The summed E-state index contributed by atoms with van der Waals surface area (Å²) in [5, 5.41) is 3.33. The molecule has 0 aliphatic rings. The van der Waals surface area contributed by atoms with Crippen molar-refractivity contribution >= 4 is 49.9 Å². The van der Waals surface area contributed by atoms with E-state index in [2.05, 4.69) is 27.8 Å². The van der Waals surface area contributed by atoms with Gasteiger partial charge in [-0.15, -0.1) is 11.3 Å². The topological polar surface area (TPSA) is 60.9 Å². The smallest absolute Gasteiger partial charge is 0.262 e. The number of aromatic nitrogens is 3. The Morgan fingerprint density at radius 3 is 2.96 bits per heavy atom. The highest BCUT2D eigenvalue weighted by molar-refractivity contribution is 9.10. The van der Waals surface area contributed by atoms with Gasteiger partial charge >= 0.3 is 0 Å². The summed E-state index contributed by atoms with van der Waals surface area (Å²) in [5.41, 5.74) is 1.53. The van der Waals surface area contributed by atoms with Crippen molar-refractivity contribution in [1.82, 2.24) is 14.5 Å². The van der Waals surface area contributed by atoms with Gasteiger partial charge in [0.15, 0.2) is 5.16 Å². The molecule has 0 radical (unpaired) electrons. The predicted molar refractivity (Wildman–Crippen MR) is 113 cm³/mol. The van der Waals surface area contributed by atoms with Crippen LogP contribution >= 0.6 is 39.0 Å². The van der Waals surface area contributed by atoms with E-state index in [1.165, 1.54) is 11.8 Å². The minimum Gasteiger partial charge on any atom is -0.444 e. The molecule has 0 unspecified atom stereocenters. The molecule has 0 aliphatic carbocycles. The second-order valence-electron chi connectivity index (χ2n) is 5.92. The van der Waals surface area contributed by atoms with E-state index in [4.69, 9.17) is 9.40 Å². The first kappa shape index (κ1) is 18.5. The molecule has 8 heteroatoms. The quantitative estimate of drug-likeness (QED) is 0.277. The van der Waals surface area contributed by atoms with Crippen LogP contribution in [0.25, 0.3) is 21.7 Å². The van der Waals surface area contributed by atoms with Crippen LogP contribution in [0.2, 0.25) is 0 Å². The van der Waals surface area contributed by atoms with Crippen molar-refractivity contribution in [2.24, 2.45) is 0 Å². The van der Waals surface area contributed by atoms with Crippen molar-refractivity contribution in [2.45, 2.75) is 30.8 Å². The van der Waals surface area contributed by atoms with Gasteiger partial charge < -0.3 is 4.42 Å². The molecule has 0 N–H and O–H groups in total. The fourth-order valence-electron chi connectivity index (χ4n) is 2.73. The molecule has 0 saturated heterocycles. The molecule has 138 valence electrons. The first-order valence-electron chi connectivity index (χ1n) is 8.47. The van der Waals surface area contributed by atoms with Gasteiger partial charge in [0.25, 0.3) is 5.56 Å². The minimum absolute atomic E-state index is 0.00919. The maximum Gasteiger partial charge on any atom is 0.262 e. The standard InChI is InChI=1S/C19H16BrN3O2S2/c1-2-7-23-18(24)14-9-12(20)5-6-15(14)22-19(23)27-11-13-10-25-17(21-13)16-4-3-8-26-16/h3-6,8-10H,2,7,11H2,1H3. The van der Waals surface area contributed by atoms with Gasteiger partial charge in [-0.1, -0.05) is 40.7 Å². The van der Waals surface area contributed by atoms with Crippen LogP contribution in [-0.4, -0.2) is 14.5 Å². The molecular formula is C19H16BrN3O2S2. The zero-order chi connectivity index (χ0) is 18.8. The zero-order valence-electron chi connectivity index (χ0n) is 14.5. The second-order valence-corrected chi connectivity index (χ2v) is 8.73. The summed E-state index contributed by atoms with van der Waals surface area (Å²) < 4.78 is 8.20. The molecule has 0 amide bonds. The maximum absolute atomic E-state index is 12.9. The molecular weight excluding hydrogens is 446 g/mol. The molecule has 0 atom stereocenters. The third-order valence-corrected chi connectivity index (χ3v) is 6.32. The Balaban J connectivity index is 1.64. The van der Waals surface area contributed by atoms with Crippen LogP contribution < -0.4 is 5.56 Å². The van der Waals surface area contributed by atoms with Gasteiger partial charge in [-0.2, -0.15) is 0 Å². The molecule has 1 aromatic carbocycles. The number of oxazole rings is 1. The zero-order valence-corrected chi connectivity index (χ0v) is 17.7. The number of benzene rings is 1. The molecule has 0 aliphatic heterocycles. The van der Waals surface area contributed by atoms with Crippen molar-refractivity contribution in [3.63, 3.8) is 0 Å². The molecule has 0 spiro atoms. The average Bonchev–Trinajstić information content (AvgIpc) is 3.34. The van der Waals surface area contributed by atoms with E-state index in [1.54, 1.807) is 22.2 Å². The Hall–Kier alpha value is -1.90. The first-order chi connectivity index (χ1) is 13.2. The SMILES string of the molecule is CCCn1c(SCc2coc(-c3cccs3)n2)nc2ccc(Br)cc2c1=O. The molecule has 0 bridgehead atoms. The fourth-order valence-corrected chi connectivity index (χ4v) is 4.65. The van der Waals surface area contributed by atoms with Gasteiger partial charge in [-0.25, -0.2) is 9.97 Å². The van der Waals surface area contributed by atoms with Crippen molar-refractivity contribution in [3.05, 3.63) is 62.5 Å². The maximum atomic E-state index is 12.9. The summed E-state index contributed by atoms with van der Waals surface area (Å²) in [4.78, 5) is 23.2. The summed E-state index contributed by atoms with van der Waals surface area (Å²) in [7, 11) is 0. The first-order valence-corrected chi connectivity index (χ1v) is 11.1. The summed E-state index contributed by atoms with van der Waals surface area (Å²) in [5.74, 6) is 1.22. The highest BCUT2D eigenvalue weighted by atomic mass is 79.9. The largest absolute Gasteiger partial charge is 0.444 e. The molecule has 0 saturated carbocycles. The van der Waals surface area contributed by atoms with Crippen molar-refractivity contribution in [3.8, 4) is 10.8 Å². The molecule has 3 aromatic heterocycles. The highest BCUT2D eigenvalue weighted by Gasteiger charge is 2.13. The van der Waals surface area contributed by atoms with Crippen LogP contribution in [-0.2, 0) is 12.3 Å². The lowest BCUT2D eigenvalue weighted by molar-refractivity contribution is 0.574. The Morgan fingerprint density at radius 1 is 1.30 bits per heavy atom. The lowest BCUT2D eigenvalue weighted by atomic mass is 10.2. The predicted octanol–water partition coefficient (Wildman–Crippen LogP) is 5.58. The van der Waals surface area contributed by atoms with E-state index >= 15 is 0 Å². The summed E-state index contributed by atoms with van der Waals surface area (Å²) >= 11 is 6.53. The van der Waals surface area contributed by atoms with Crippen molar-refractivity contribution in [1.29, 1.82) is 0 Å². The van der Waals surface area contributed by atoms with Crippen LogP contribution in [0.15, 0.2) is 60.8 Å². The van der Waals surface area contributed by atoms with Crippen LogP contribution in [0.1, 0.15) is 19.0 Å². The molecule has 4 aromatic rings. The molecule has 27 heavy (non-hydrogen) atoms. The van der Waals surface area contributed by atoms with Gasteiger partial charge in [-0.3, -0.25) is 9.36 Å². The third-order valence-electron chi connectivity index (χ3n) is 3.96. The van der Waals surface area contributed by atoms with Crippen LogP contribution in [0.3, 0.4) is 0 Å². The van der Waals surface area contributed by atoms with Crippen molar-refractivity contribution in [2.75, 3.05) is 0 Å². The van der Waals surface area contributed by atoms with Gasteiger partial charge in [0.2, 0.25) is 5.89 Å². The molecule has 5 nitrogen and oxygen atoms in total. The van der Waals surface area contributed by atoms with Crippen LogP contribution in [0, 0.1) is 0 Å². The number of hydrogen-bond donors (Lipinski definition) is 0. The fraction of sp³-hybridized carbons (Fsp3) is 0.211. The van der Waals surface area contributed by atoms with E-state index in [9.17, 15) is 4.79 Å². The lowest BCUT2D eigenvalue weighted by Crippen LogP contribution is -2.23. The van der Waals surface area contributed by atoms with Gasteiger partial charge in [0.1, 0.15) is 6.26 Å². The molecule has 0 fully saturated rings. The third kappa shape index (κ3) is 3.88. The molecule has 4 rings (SSSR count). The molecule has 3 heterocycles. The number of fused-ring (bicyclic) bond motifs is 1. The van der Waals surface area contributed by atoms with Gasteiger partial charge in [0, 0.05) is 16.8 Å². The van der Waals surface area contributed by atoms with E-state index in [-0.39, 0.29) is 5.56 Å². The number of thioether (sulfide) groups is 1. The van der Waals surface area contributed by atoms with E-state index < -0.39 is 0 Å². The Labute approximate surface area is 172 Å². The monoisotopic (exact) mass is 461 g/mol. The number of thiophene rings is 1. The van der Waals surface area contributed by atoms with Crippen molar-refractivity contribution < 1.29 is 4.42 Å². The van der Waals surface area contributed by atoms with E-state index in [0.29, 0.717) is 34.2 Å². The Bertz CT molecular complexity index is 1140. The minimum atomic E-state index is -0.00919. The second kappa shape index (κ2) is 8.00. The van der Waals surface area contributed by atoms with Crippen LogP contribution in [0.4, 0.5) is 0 Å². The number of halogens is 1. The van der Waals surface area contributed by atoms with Gasteiger partial charge in [0.05, 0.1) is 21.5 Å². The summed E-state index contributed by atoms with van der Waals surface area (Å²) in [6.45, 7) is 2.69. The number of hydrogen-bond acceptors (Lipinski definition) is 6. The average molecular weight is 462 g/mol.